The molecule has 0 amide bonds. The minimum absolute atomic E-state index is 0.0317. The van der Waals surface area contributed by atoms with Crippen molar-refractivity contribution >= 4 is 45.6 Å². The van der Waals surface area contributed by atoms with E-state index >= 15 is 0 Å². The van der Waals surface area contributed by atoms with Crippen molar-refractivity contribution in [2.24, 2.45) is 17.8 Å². The van der Waals surface area contributed by atoms with Crippen LogP contribution in [0.2, 0.25) is 0 Å². The van der Waals surface area contributed by atoms with Gasteiger partial charge in [-0.05, 0) is 50.4 Å². The molecule has 16 heteroatoms. The molecule has 0 aromatic heterocycles. The van der Waals surface area contributed by atoms with Crippen LogP contribution >= 0.6 is 0 Å². The monoisotopic (exact) mass is 584 g/mol. The zero-order chi connectivity index (χ0) is 26.9. The Morgan fingerprint density at radius 1 is 0.743 bits per heavy atom. The molecule has 3 fully saturated rings. The maximum absolute atomic E-state index is 11.0. The smallest absolute Gasteiger partial charge is 0.306 e. The molecule has 3 saturated heterocycles. The van der Waals surface area contributed by atoms with Crippen molar-refractivity contribution in [3.8, 4) is 0 Å². The minimum Gasteiger partial charge on any atom is -0.481 e. The number of carboxylic acids is 1. The largest absolute Gasteiger partial charge is 0.481 e. The number of aliphatic carboxylic acids is 1. The number of carboxylic acid groups (broad SMARTS) is 1. The van der Waals surface area contributed by atoms with Crippen molar-refractivity contribution in [3.63, 3.8) is 0 Å². The van der Waals surface area contributed by atoms with Crippen molar-refractivity contribution in [1.29, 1.82) is 0 Å². The van der Waals surface area contributed by atoms with Gasteiger partial charge in [0, 0.05) is 6.61 Å². The van der Waals surface area contributed by atoms with Gasteiger partial charge in [0.25, 0.3) is 10.1 Å². The fraction of sp³-hybridized carbons (Fsp3) is 0.947. The topological polar surface area (TPSA) is 203 Å². The van der Waals surface area contributed by atoms with Gasteiger partial charge in [-0.3, -0.25) is 8.98 Å². The molecule has 0 radical (unpaired) electrons. The predicted octanol–water partition coefficient (Wildman–Crippen LogP) is -0.513. The molecule has 0 atom stereocenters. The summed E-state index contributed by atoms with van der Waals surface area (Å²) in [6.45, 7) is 0.240. The summed E-state index contributed by atoms with van der Waals surface area (Å²) in [5.74, 6) is -0.171. The lowest BCUT2D eigenvalue weighted by atomic mass is 10.0. The van der Waals surface area contributed by atoms with Gasteiger partial charge in [0.1, 0.15) is 29.5 Å². The average molecular weight is 585 g/mol. The van der Waals surface area contributed by atoms with Crippen LogP contribution < -0.4 is 0 Å². The van der Waals surface area contributed by atoms with Crippen molar-refractivity contribution in [2.45, 2.75) is 38.5 Å². The van der Waals surface area contributed by atoms with Crippen molar-refractivity contribution in [2.75, 3.05) is 54.0 Å². The zero-order valence-electron chi connectivity index (χ0n) is 19.7. The molecule has 3 rings (SSSR count). The first-order valence-corrected chi connectivity index (χ1v) is 18.5. The molecular formula is C19H36O12S4. The van der Waals surface area contributed by atoms with Crippen LogP contribution in [-0.2, 0) is 48.6 Å². The van der Waals surface area contributed by atoms with Gasteiger partial charge in [0.15, 0.2) is 0 Å². The number of sulfone groups is 3. The zero-order valence-corrected chi connectivity index (χ0v) is 23.0. The van der Waals surface area contributed by atoms with E-state index in [4.69, 9.17) is 10.2 Å². The molecule has 0 aromatic carbocycles. The predicted molar refractivity (Wildman–Crippen MR) is 130 cm³/mol. The molecule has 0 bridgehead atoms. The second-order valence-corrected chi connectivity index (χ2v) is 17.7. The maximum atomic E-state index is 11.0. The first kappa shape index (κ1) is 32.2. The lowest BCUT2D eigenvalue weighted by Gasteiger charge is -2.20. The van der Waals surface area contributed by atoms with E-state index in [1.54, 1.807) is 0 Å². The highest BCUT2D eigenvalue weighted by molar-refractivity contribution is 7.91. The van der Waals surface area contributed by atoms with Gasteiger partial charge in [-0.2, -0.15) is 8.42 Å². The first-order valence-electron chi connectivity index (χ1n) is 11.2. The summed E-state index contributed by atoms with van der Waals surface area (Å²) in [4.78, 5) is 10.4. The second-order valence-electron chi connectivity index (χ2n) is 9.13. The van der Waals surface area contributed by atoms with Gasteiger partial charge in [0.05, 0.1) is 53.3 Å². The molecule has 0 spiro atoms. The Kier molecular flexibility index (Phi) is 12.6. The normalized spacial score (nSPS) is 24.7. The molecular weight excluding hydrogens is 548 g/mol. The lowest BCUT2D eigenvalue weighted by molar-refractivity contribution is -0.141. The van der Waals surface area contributed by atoms with E-state index in [9.17, 15) is 38.5 Å². The Balaban J connectivity index is 0.000000267. The molecule has 0 saturated carbocycles. The van der Waals surface area contributed by atoms with Crippen LogP contribution in [-0.4, -0.2) is 104 Å². The van der Waals surface area contributed by atoms with Crippen molar-refractivity contribution < 1.29 is 52.9 Å². The van der Waals surface area contributed by atoms with Gasteiger partial charge in [-0.15, -0.1) is 0 Å². The van der Waals surface area contributed by atoms with Crippen molar-refractivity contribution in [3.05, 3.63) is 0 Å². The van der Waals surface area contributed by atoms with E-state index in [1.807, 2.05) is 0 Å². The number of aliphatic hydroxyl groups is 1. The number of aliphatic hydroxyl groups excluding tert-OH is 1. The Labute approximate surface area is 208 Å². The van der Waals surface area contributed by atoms with Crippen LogP contribution in [0.25, 0.3) is 0 Å². The fourth-order valence-corrected chi connectivity index (χ4v) is 8.69. The van der Waals surface area contributed by atoms with E-state index in [2.05, 4.69) is 4.18 Å². The van der Waals surface area contributed by atoms with E-state index in [0.29, 0.717) is 25.7 Å². The van der Waals surface area contributed by atoms with Crippen LogP contribution in [0.3, 0.4) is 0 Å². The van der Waals surface area contributed by atoms with Crippen molar-refractivity contribution in [1.82, 2.24) is 0 Å². The van der Waals surface area contributed by atoms with E-state index < -0.39 is 51.5 Å². The molecule has 0 aromatic rings. The van der Waals surface area contributed by atoms with Gasteiger partial charge in [-0.1, -0.05) is 0 Å². The average Bonchev–Trinajstić information content (AvgIpc) is 2.73. The minimum atomic E-state index is -3.40. The molecule has 3 aliphatic heterocycles. The SMILES string of the molecule is CS(=O)(=O)OCC1CCS(=O)(=O)CC1.O=C(O)C1CCS(=O)(=O)CC1.O=S1(=O)CCC(CO)CC1. The lowest BCUT2D eigenvalue weighted by Crippen LogP contribution is -2.27. The second kappa shape index (κ2) is 13.7. The Hall–Kier alpha value is -0.810. The van der Waals surface area contributed by atoms with Gasteiger partial charge in [-0.25, -0.2) is 25.3 Å². The molecule has 12 nitrogen and oxygen atoms in total. The van der Waals surface area contributed by atoms with Gasteiger partial charge < -0.3 is 10.2 Å². The quantitative estimate of drug-likeness (QED) is 0.392. The maximum Gasteiger partial charge on any atom is 0.306 e. The summed E-state index contributed by atoms with van der Waals surface area (Å²) in [7, 11) is -11.9. The fourth-order valence-electron chi connectivity index (χ4n) is 3.58. The van der Waals surface area contributed by atoms with Crippen LogP contribution in [0, 0.1) is 17.8 Å². The summed E-state index contributed by atoms with van der Waals surface area (Å²) in [5.41, 5.74) is 0. The van der Waals surface area contributed by atoms with Crippen LogP contribution in [0.1, 0.15) is 38.5 Å². The Morgan fingerprint density at radius 3 is 1.40 bits per heavy atom. The summed E-state index contributed by atoms with van der Waals surface area (Å²) in [6.07, 6.45) is 3.81. The van der Waals surface area contributed by atoms with Gasteiger partial charge in [0.2, 0.25) is 0 Å². The number of hydrogen-bond acceptors (Lipinski definition) is 11. The van der Waals surface area contributed by atoms with E-state index in [0.717, 1.165) is 6.26 Å². The third-order valence-electron chi connectivity index (χ3n) is 6.03. The van der Waals surface area contributed by atoms with Gasteiger partial charge >= 0.3 is 5.97 Å². The highest BCUT2D eigenvalue weighted by Gasteiger charge is 2.28. The molecule has 3 heterocycles. The summed E-state index contributed by atoms with van der Waals surface area (Å²) >= 11 is 0. The summed E-state index contributed by atoms with van der Waals surface area (Å²) < 4.78 is 91.3. The number of carbonyl (C=O) groups is 1. The third kappa shape index (κ3) is 14.5. The Bertz CT molecular complexity index is 1070. The van der Waals surface area contributed by atoms with Crippen LogP contribution in [0.15, 0.2) is 0 Å². The summed E-state index contributed by atoms with van der Waals surface area (Å²) in [5, 5.41) is 17.2. The molecule has 3 aliphatic rings. The number of rotatable bonds is 5. The summed E-state index contributed by atoms with van der Waals surface area (Å²) in [6, 6.07) is 0. The number of hydrogen-bond donors (Lipinski definition) is 2. The first-order chi connectivity index (χ1) is 15.9. The third-order valence-corrected chi connectivity index (χ3v) is 11.7. The molecule has 35 heavy (non-hydrogen) atoms. The highest BCUT2D eigenvalue weighted by atomic mass is 32.2. The molecule has 208 valence electrons. The standard InChI is InChI=1S/C7H14O5S2.C6H10O4S.C6H12O3S/c1-13(8,9)12-6-7-2-4-14(10,11)5-3-7;7-6(8)5-1-3-11(9,10)4-2-5;7-5-6-1-3-10(8,9)4-2-6/h7H,2-6H2,1H3;5H,1-4H2,(H,7,8);6-7H,1-5H2. The van der Waals surface area contributed by atoms with Crippen LogP contribution in [0.4, 0.5) is 0 Å². The molecule has 0 unspecified atom stereocenters. The molecule has 2 N–H and O–H groups in total. The van der Waals surface area contributed by atoms with E-state index in [-0.39, 0.29) is 72.4 Å². The van der Waals surface area contributed by atoms with E-state index in [1.165, 1.54) is 0 Å². The molecule has 0 aliphatic carbocycles. The van der Waals surface area contributed by atoms with Crippen LogP contribution in [0.5, 0.6) is 0 Å². The highest BCUT2D eigenvalue weighted by Crippen LogP contribution is 2.20. The Morgan fingerprint density at radius 2 is 1.09 bits per heavy atom.